The van der Waals surface area contributed by atoms with Crippen LogP contribution in [0.3, 0.4) is 0 Å². The molecule has 19 heavy (non-hydrogen) atoms. The van der Waals surface area contributed by atoms with E-state index in [4.69, 9.17) is 18.0 Å². The molecule has 2 rings (SSSR count). The molecule has 0 radical (unpaired) electrons. The molecular formula is C14H17N3S2. The summed E-state index contributed by atoms with van der Waals surface area (Å²) in [6.07, 6.45) is 3.91. The molecule has 0 saturated heterocycles. The van der Waals surface area contributed by atoms with Crippen LogP contribution < -0.4 is 11.1 Å². The summed E-state index contributed by atoms with van der Waals surface area (Å²) in [5.41, 5.74) is 6.49. The summed E-state index contributed by atoms with van der Waals surface area (Å²) in [6.45, 7) is 2.18. The minimum absolute atomic E-state index is 0.291. The van der Waals surface area contributed by atoms with E-state index in [9.17, 15) is 0 Å². The number of rotatable bonds is 6. The minimum Gasteiger partial charge on any atom is -0.389 e. The van der Waals surface area contributed by atoms with E-state index in [0.717, 1.165) is 24.2 Å². The van der Waals surface area contributed by atoms with Gasteiger partial charge in [-0.25, -0.2) is 4.98 Å². The van der Waals surface area contributed by atoms with Crippen LogP contribution in [0.1, 0.15) is 36.2 Å². The molecule has 2 heterocycles. The maximum atomic E-state index is 5.64. The maximum absolute atomic E-state index is 5.64. The highest BCUT2D eigenvalue weighted by molar-refractivity contribution is 7.80. The lowest BCUT2D eigenvalue weighted by Crippen LogP contribution is -2.13. The first kappa shape index (κ1) is 14.0. The second-order valence-electron chi connectivity index (χ2n) is 4.30. The van der Waals surface area contributed by atoms with Crippen molar-refractivity contribution in [2.75, 3.05) is 5.32 Å². The molecular weight excluding hydrogens is 274 g/mol. The van der Waals surface area contributed by atoms with Gasteiger partial charge in [0.1, 0.15) is 10.8 Å². The molecule has 0 spiro atoms. The van der Waals surface area contributed by atoms with Gasteiger partial charge in [0, 0.05) is 16.6 Å². The van der Waals surface area contributed by atoms with Crippen LogP contribution in [0.15, 0.2) is 35.8 Å². The van der Waals surface area contributed by atoms with Crippen molar-refractivity contribution in [2.24, 2.45) is 5.73 Å². The Morgan fingerprint density at radius 2 is 2.37 bits per heavy atom. The van der Waals surface area contributed by atoms with Gasteiger partial charge in [-0.15, -0.1) is 11.3 Å². The first-order valence-corrected chi connectivity index (χ1v) is 7.55. The molecule has 0 aromatic carbocycles. The average Bonchev–Trinajstić information content (AvgIpc) is 2.92. The third-order valence-electron chi connectivity index (χ3n) is 2.83. The molecule has 0 aliphatic rings. The van der Waals surface area contributed by atoms with Crippen molar-refractivity contribution in [3.8, 4) is 0 Å². The third kappa shape index (κ3) is 3.75. The Kier molecular flexibility index (Phi) is 4.87. The molecule has 1 atom stereocenters. The third-order valence-corrected chi connectivity index (χ3v) is 4.05. The zero-order valence-corrected chi connectivity index (χ0v) is 12.4. The summed E-state index contributed by atoms with van der Waals surface area (Å²) in [6, 6.07) is 8.24. The van der Waals surface area contributed by atoms with Gasteiger partial charge in [-0.2, -0.15) is 0 Å². The van der Waals surface area contributed by atoms with Crippen molar-refractivity contribution in [2.45, 2.75) is 25.8 Å². The lowest BCUT2D eigenvalue weighted by atomic mass is 10.1. The number of nitrogens with two attached hydrogens (primary N) is 1. The Labute approximate surface area is 122 Å². The Balaban J connectivity index is 2.17. The molecule has 3 N–H and O–H groups in total. The summed E-state index contributed by atoms with van der Waals surface area (Å²) in [7, 11) is 0. The van der Waals surface area contributed by atoms with Gasteiger partial charge >= 0.3 is 0 Å². The van der Waals surface area contributed by atoms with Crippen LogP contribution in [0, 0.1) is 0 Å². The highest BCUT2D eigenvalue weighted by atomic mass is 32.1. The van der Waals surface area contributed by atoms with Crippen molar-refractivity contribution < 1.29 is 0 Å². The fraction of sp³-hybridized carbons (Fsp3) is 0.286. The number of anilines is 1. The molecule has 0 bridgehead atoms. The number of hydrogen-bond acceptors (Lipinski definition) is 4. The summed E-state index contributed by atoms with van der Waals surface area (Å²) in [5, 5.41) is 5.56. The van der Waals surface area contributed by atoms with Crippen LogP contribution in [0.2, 0.25) is 0 Å². The van der Waals surface area contributed by atoms with Gasteiger partial charge in [0.05, 0.1) is 6.04 Å². The zero-order valence-electron chi connectivity index (χ0n) is 10.8. The van der Waals surface area contributed by atoms with Crippen molar-refractivity contribution in [3.63, 3.8) is 0 Å². The van der Waals surface area contributed by atoms with Crippen LogP contribution in [-0.2, 0) is 0 Å². The van der Waals surface area contributed by atoms with E-state index in [0.29, 0.717) is 11.0 Å². The second-order valence-corrected chi connectivity index (χ2v) is 5.71. The number of nitrogens with one attached hydrogen (secondary N) is 1. The highest BCUT2D eigenvalue weighted by Crippen LogP contribution is 2.26. The predicted octanol–water partition coefficient (Wildman–Crippen LogP) is 3.73. The molecule has 1 unspecified atom stereocenters. The van der Waals surface area contributed by atoms with Crippen molar-refractivity contribution in [1.82, 2.24) is 4.98 Å². The Morgan fingerprint density at radius 1 is 1.53 bits per heavy atom. The lowest BCUT2D eigenvalue weighted by molar-refractivity contribution is 0.684. The fourth-order valence-corrected chi connectivity index (χ4v) is 2.84. The van der Waals surface area contributed by atoms with E-state index in [-0.39, 0.29) is 0 Å². The Morgan fingerprint density at radius 3 is 3.00 bits per heavy atom. The van der Waals surface area contributed by atoms with Crippen LogP contribution in [0.25, 0.3) is 0 Å². The molecule has 3 nitrogen and oxygen atoms in total. The lowest BCUT2D eigenvalue weighted by Gasteiger charge is -2.17. The molecule has 0 fully saturated rings. The monoisotopic (exact) mass is 291 g/mol. The summed E-state index contributed by atoms with van der Waals surface area (Å²) in [5.74, 6) is 0.817. The van der Waals surface area contributed by atoms with Crippen molar-refractivity contribution >= 4 is 34.4 Å². The van der Waals surface area contributed by atoms with Gasteiger partial charge in [-0.05, 0) is 30.0 Å². The van der Waals surface area contributed by atoms with E-state index in [1.807, 2.05) is 12.1 Å². The van der Waals surface area contributed by atoms with Gasteiger partial charge < -0.3 is 11.1 Å². The molecule has 5 heteroatoms. The normalized spacial score (nSPS) is 12.1. The number of hydrogen-bond donors (Lipinski definition) is 2. The zero-order chi connectivity index (χ0) is 13.7. The first-order chi connectivity index (χ1) is 9.20. The quantitative estimate of drug-likeness (QED) is 0.796. The van der Waals surface area contributed by atoms with E-state index < -0.39 is 0 Å². The van der Waals surface area contributed by atoms with Crippen LogP contribution >= 0.6 is 23.6 Å². The van der Waals surface area contributed by atoms with E-state index >= 15 is 0 Å². The fourth-order valence-electron chi connectivity index (χ4n) is 1.91. The molecule has 0 saturated carbocycles. The molecule has 0 amide bonds. The molecule has 0 aliphatic carbocycles. The number of aromatic nitrogens is 1. The maximum Gasteiger partial charge on any atom is 0.127 e. The van der Waals surface area contributed by atoms with Crippen molar-refractivity contribution in [1.29, 1.82) is 0 Å². The Hall–Kier alpha value is -1.46. The van der Waals surface area contributed by atoms with Gasteiger partial charge in [-0.1, -0.05) is 31.6 Å². The number of thiocarbonyl (C=S) groups is 1. The van der Waals surface area contributed by atoms with Crippen LogP contribution in [0.5, 0.6) is 0 Å². The van der Waals surface area contributed by atoms with Crippen LogP contribution in [-0.4, -0.2) is 9.97 Å². The topological polar surface area (TPSA) is 50.9 Å². The van der Waals surface area contributed by atoms with Gasteiger partial charge in [0.25, 0.3) is 0 Å². The largest absolute Gasteiger partial charge is 0.389 e. The summed E-state index contributed by atoms with van der Waals surface area (Å²) in [4.78, 5) is 6.05. The molecule has 2 aromatic heterocycles. The van der Waals surface area contributed by atoms with E-state index in [1.165, 1.54) is 4.88 Å². The number of nitrogens with zero attached hydrogens (tertiary/aromatic N) is 1. The van der Waals surface area contributed by atoms with Gasteiger partial charge in [0.15, 0.2) is 0 Å². The predicted molar refractivity (Wildman–Crippen MR) is 85.7 cm³/mol. The van der Waals surface area contributed by atoms with Crippen molar-refractivity contribution in [3.05, 3.63) is 46.3 Å². The smallest absolute Gasteiger partial charge is 0.127 e. The minimum atomic E-state index is 0.291. The SMILES string of the molecule is CCCC(Nc1cc(C(N)=S)ccn1)c1cccs1. The molecule has 100 valence electrons. The van der Waals surface area contributed by atoms with Crippen LogP contribution in [0.4, 0.5) is 5.82 Å². The number of pyridine rings is 1. The van der Waals surface area contributed by atoms with E-state index in [1.54, 1.807) is 17.5 Å². The average molecular weight is 291 g/mol. The van der Waals surface area contributed by atoms with Gasteiger partial charge in [-0.3, -0.25) is 0 Å². The van der Waals surface area contributed by atoms with E-state index in [2.05, 4.69) is 34.7 Å². The Bertz CT molecular complexity index is 537. The second kappa shape index (κ2) is 6.63. The summed E-state index contributed by atoms with van der Waals surface area (Å²) >= 11 is 6.75. The highest BCUT2D eigenvalue weighted by Gasteiger charge is 2.12. The number of thiophene rings is 1. The standard InChI is InChI=1S/C14H17N3S2/c1-2-4-11(12-5-3-8-19-12)17-13-9-10(14(15)18)6-7-16-13/h3,5-9,11H,2,4H2,1H3,(H2,15,18)(H,16,17). The first-order valence-electron chi connectivity index (χ1n) is 6.26. The molecule has 2 aromatic rings. The summed E-state index contributed by atoms with van der Waals surface area (Å²) < 4.78 is 0. The van der Waals surface area contributed by atoms with Gasteiger partial charge in [0.2, 0.25) is 0 Å². The molecule has 0 aliphatic heterocycles.